The van der Waals surface area contributed by atoms with E-state index < -0.39 is 8.56 Å². The Hall–Kier alpha value is 0.0169. The lowest BCUT2D eigenvalue weighted by Crippen LogP contribution is -2.50. The van der Waals surface area contributed by atoms with Gasteiger partial charge in [-0.25, -0.2) is 9.46 Å². The third-order valence-electron chi connectivity index (χ3n) is 2.43. The molecule has 0 saturated heterocycles. The molecule has 0 spiro atoms. The number of ether oxygens (including phenoxy) is 1. The van der Waals surface area contributed by atoms with Gasteiger partial charge in [0.15, 0.2) is 0 Å². The van der Waals surface area contributed by atoms with Crippen molar-refractivity contribution in [3.63, 3.8) is 0 Å². The molecule has 0 saturated carbocycles. The van der Waals surface area contributed by atoms with E-state index in [1.165, 1.54) is 0 Å². The summed E-state index contributed by atoms with van der Waals surface area (Å²) >= 11 is 0. The maximum absolute atomic E-state index is 5.94. The van der Waals surface area contributed by atoms with Gasteiger partial charge in [-0.15, -0.1) is 0 Å². The van der Waals surface area contributed by atoms with Gasteiger partial charge >= 0.3 is 8.56 Å². The van der Waals surface area contributed by atoms with E-state index >= 15 is 0 Å². The molecule has 2 N–H and O–H groups in total. The van der Waals surface area contributed by atoms with E-state index in [0.717, 1.165) is 6.42 Å². The van der Waals surface area contributed by atoms with Crippen molar-refractivity contribution < 1.29 is 18.6 Å². The Labute approximate surface area is 106 Å². The van der Waals surface area contributed by atoms with E-state index in [1.54, 1.807) is 0 Å². The Balaban J connectivity index is 4.34. The van der Waals surface area contributed by atoms with E-state index in [0.29, 0.717) is 19.4 Å². The molecule has 0 aromatic rings. The quantitative estimate of drug-likeness (QED) is 0.370. The molecule has 0 radical (unpaired) electrons. The predicted molar refractivity (Wildman–Crippen MR) is 69.6 cm³/mol. The third-order valence-corrected chi connectivity index (χ3v) is 4.50. The Morgan fingerprint density at radius 1 is 1.18 bits per heavy atom. The van der Waals surface area contributed by atoms with Gasteiger partial charge in [-0.3, -0.25) is 0 Å². The first kappa shape index (κ1) is 17.0. The molecule has 0 aliphatic carbocycles. The minimum absolute atomic E-state index is 0.00804. The maximum atomic E-state index is 5.94. The second-order valence-electron chi connectivity index (χ2n) is 4.16. The molecule has 17 heavy (non-hydrogen) atoms. The second-order valence-corrected chi connectivity index (χ2v) is 7.11. The standard InChI is InChI=1S/C11H27NO4Si/c1-6-11(12)10(4)15-17(5,9-13-7-2)16-14-8-3/h10-11H,6-9,12H2,1-5H3. The lowest BCUT2D eigenvalue weighted by atomic mass is 10.1. The van der Waals surface area contributed by atoms with E-state index in [2.05, 4.69) is 0 Å². The summed E-state index contributed by atoms with van der Waals surface area (Å²) in [7, 11) is -2.46. The van der Waals surface area contributed by atoms with Gasteiger partial charge < -0.3 is 14.9 Å². The largest absolute Gasteiger partial charge is 0.397 e. The average molecular weight is 265 g/mol. The molecule has 0 aromatic carbocycles. The van der Waals surface area contributed by atoms with Crippen LogP contribution in [0.2, 0.25) is 6.55 Å². The van der Waals surface area contributed by atoms with Crippen LogP contribution in [0.5, 0.6) is 0 Å². The Morgan fingerprint density at radius 2 is 1.82 bits per heavy atom. The predicted octanol–water partition coefficient (Wildman–Crippen LogP) is 1.74. The number of nitrogens with two attached hydrogens (primary N) is 1. The molecular weight excluding hydrogens is 238 g/mol. The van der Waals surface area contributed by atoms with Crippen LogP contribution in [0.15, 0.2) is 0 Å². The van der Waals surface area contributed by atoms with E-state index in [-0.39, 0.29) is 12.1 Å². The van der Waals surface area contributed by atoms with Crippen molar-refractivity contribution in [3.8, 4) is 0 Å². The van der Waals surface area contributed by atoms with Gasteiger partial charge in [0, 0.05) is 12.6 Å². The fraction of sp³-hybridized carbons (Fsp3) is 1.00. The average Bonchev–Trinajstić information content (AvgIpc) is 2.33. The highest BCUT2D eigenvalue weighted by molar-refractivity contribution is 6.65. The first-order valence-electron chi connectivity index (χ1n) is 6.30. The van der Waals surface area contributed by atoms with Crippen LogP contribution in [-0.4, -0.2) is 40.2 Å². The van der Waals surface area contributed by atoms with Crippen LogP contribution in [0.4, 0.5) is 0 Å². The second kappa shape index (κ2) is 9.01. The molecule has 0 amide bonds. The molecule has 3 unspecified atom stereocenters. The molecule has 3 atom stereocenters. The normalized spacial score (nSPS) is 18.7. The van der Waals surface area contributed by atoms with E-state index in [1.807, 2.05) is 34.2 Å². The summed E-state index contributed by atoms with van der Waals surface area (Å²) in [5.41, 5.74) is 5.94. The summed E-state index contributed by atoms with van der Waals surface area (Å²) in [6, 6.07) is 0.00804. The fourth-order valence-electron chi connectivity index (χ4n) is 1.36. The van der Waals surface area contributed by atoms with Crippen LogP contribution in [-0.2, 0) is 18.6 Å². The fourth-order valence-corrected chi connectivity index (χ4v) is 3.42. The van der Waals surface area contributed by atoms with Gasteiger partial charge in [-0.2, -0.15) is 0 Å². The SMILES string of the molecule is CCOC[Si](C)(OOCC)OC(C)C(N)CC. The zero-order chi connectivity index (χ0) is 13.3. The molecule has 0 aromatic heterocycles. The minimum atomic E-state index is -2.46. The van der Waals surface area contributed by atoms with Gasteiger partial charge in [0.2, 0.25) is 0 Å². The highest BCUT2D eigenvalue weighted by Crippen LogP contribution is 2.14. The molecule has 5 nitrogen and oxygen atoms in total. The lowest BCUT2D eigenvalue weighted by Gasteiger charge is -2.30. The van der Waals surface area contributed by atoms with Gasteiger partial charge in [0.05, 0.1) is 18.9 Å². The van der Waals surface area contributed by atoms with Crippen molar-refractivity contribution in [2.24, 2.45) is 5.73 Å². The molecule has 0 fully saturated rings. The number of hydrogen-bond donors (Lipinski definition) is 1. The first-order valence-corrected chi connectivity index (χ1v) is 8.83. The van der Waals surface area contributed by atoms with Gasteiger partial charge in [-0.1, -0.05) is 6.92 Å². The highest BCUT2D eigenvalue weighted by atomic mass is 28.4. The van der Waals surface area contributed by atoms with Crippen LogP contribution in [0.25, 0.3) is 0 Å². The van der Waals surface area contributed by atoms with Crippen LogP contribution in [0.1, 0.15) is 34.1 Å². The molecule has 0 bridgehead atoms. The highest BCUT2D eigenvalue weighted by Gasteiger charge is 2.37. The third kappa shape index (κ3) is 7.12. The van der Waals surface area contributed by atoms with Crippen LogP contribution >= 0.6 is 0 Å². The van der Waals surface area contributed by atoms with Crippen molar-refractivity contribution in [1.29, 1.82) is 0 Å². The monoisotopic (exact) mass is 265 g/mol. The Morgan fingerprint density at radius 3 is 2.29 bits per heavy atom. The zero-order valence-corrected chi connectivity index (χ0v) is 12.7. The van der Waals surface area contributed by atoms with Crippen LogP contribution in [0.3, 0.4) is 0 Å². The molecule has 0 aliphatic heterocycles. The Kier molecular flexibility index (Phi) is 9.02. The maximum Gasteiger partial charge on any atom is 0.397 e. The summed E-state index contributed by atoms with van der Waals surface area (Å²) in [6.07, 6.45) is 1.26. The molecule has 0 aliphatic rings. The molecule has 104 valence electrons. The Bertz CT molecular complexity index is 186. The zero-order valence-electron chi connectivity index (χ0n) is 11.7. The molecule has 6 heteroatoms. The number of rotatable bonds is 10. The van der Waals surface area contributed by atoms with E-state index in [9.17, 15) is 0 Å². The van der Waals surface area contributed by atoms with Crippen molar-refractivity contribution in [3.05, 3.63) is 0 Å². The van der Waals surface area contributed by atoms with Crippen molar-refractivity contribution in [2.75, 3.05) is 19.4 Å². The minimum Gasteiger partial charge on any atom is -0.387 e. The number of hydrogen-bond acceptors (Lipinski definition) is 5. The van der Waals surface area contributed by atoms with Crippen molar-refractivity contribution >= 4 is 8.56 Å². The van der Waals surface area contributed by atoms with Crippen molar-refractivity contribution in [1.82, 2.24) is 0 Å². The van der Waals surface area contributed by atoms with Crippen LogP contribution < -0.4 is 5.73 Å². The molecule has 0 rings (SSSR count). The molecular formula is C11H27NO4Si. The van der Waals surface area contributed by atoms with Gasteiger partial charge in [0.1, 0.15) is 0 Å². The lowest BCUT2D eigenvalue weighted by molar-refractivity contribution is -0.234. The van der Waals surface area contributed by atoms with Crippen LogP contribution in [0, 0.1) is 0 Å². The summed E-state index contributed by atoms with van der Waals surface area (Å²) in [5.74, 6) is 0. The summed E-state index contributed by atoms with van der Waals surface area (Å²) in [4.78, 5) is 5.03. The topological polar surface area (TPSA) is 62.9 Å². The van der Waals surface area contributed by atoms with E-state index in [4.69, 9.17) is 24.4 Å². The summed E-state index contributed by atoms with van der Waals surface area (Å²) < 4.78 is 16.7. The first-order chi connectivity index (χ1) is 7.99. The molecule has 0 heterocycles. The summed E-state index contributed by atoms with van der Waals surface area (Å²) in [5, 5.41) is 0. The van der Waals surface area contributed by atoms with Crippen molar-refractivity contribution in [2.45, 2.75) is 52.8 Å². The summed E-state index contributed by atoms with van der Waals surface area (Å²) in [6.45, 7) is 10.9. The smallest absolute Gasteiger partial charge is 0.387 e. The van der Waals surface area contributed by atoms with Gasteiger partial charge in [0.25, 0.3) is 0 Å². The van der Waals surface area contributed by atoms with Gasteiger partial charge in [-0.05, 0) is 33.7 Å².